The summed E-state index contributed by atoms with van der Waals surface area (Å²) in [6.45, 7) is 6.40. The summed E-state index contributed by atoms with van der Waals surface area (Å²) < 4.78 is 0. The molecule has 2 heteroatoms. The average molecular weight is 254 g/mol. The lowest BCUT2D eigenvalue weighted by Crippen LogP contribution is -2.15. The van der Waals surface area contributed by atoms with E-state index in [0.29, 0.717) is 0 Å². The third-order valence-corrected chi connectivity index (χ3v) is 3.46. The maximum Gasteiger partial charge on any atom is 0.0339 e. The molecule has 0 aliphatic heterocycles. The van der Waals surface area contributed by atoms with Gasteiger partial charge < -0.3 is 5.73 Å². The molecule has 1 atom stereocenters. The van der Waals surface area contributed by atoms with Crippen LogP contribution in [0.25, 0.3) is 0 Å². The van der Waals surface area contributed by atoms with Crippen molar-refractivity contribution >= 4 is 0 Å². The maximum absolute atomic E-state index is 6.38. The first-order valence-corrected chi connectivity index (χ1v) is 6.85. The molecule has 2 aromatic rings. The van der Waals surface area contributed by atoms with Gasteiger partial charge in [-0.1, -0.05) is 36.2 Å². The van der Waals surface area contributed by atoms with Crippen molar-refractivity contribution in [3.63, 3.8) is 0 Å². The summed E-state index contributed by atoms with van der Waals surface area (Å²) in [5.74, 6) is 0. The second kappa shape index (κ2) is 5.98. The van der Waals surface area contributed by atoms with E-state index in [9.17, 15) is 0 Å². The SMILES string of the molecule is CCc1cnccc1C(N)Cc1cc(C)cc(C)c1. The van der Waals surface area contributed by atoms with Crippen molar-refractivity contribution in [3.05, 3.63) is 64.5 Å². The minimum absolute atomic E-state index is 0.0409. The number of rotatable bonds is 4. The quantitative estimate of drug-likeness (QED) is 0.907. The molecule has 0 bridgehead atoms. The van der Waals surface area contributed by atoms with E-state index in [1.54, 1.807) is 0 Å². The van der Waals surface area contributed by atoms with Crippen molar-refractivity contribution in [3.8, 4) is 0 Å². The van der Waals surface area contributed by atoms with Crippen LogP contribution in [-0.4, -0.2) is 4.98 Å². The highest BCUT2D eigenvalue weighted by molar-refractivity contribution is 5.32. The van der Waals surface area contributed by atoms with Gasteiger partial charge >= 0.3 is 0 Å². The van der Waals surface area contributed by atoms with Crippen molar-refractivity contribution in [2.45, 2.75) is 39.7 Å². The van der Waals surface area contributed by atoms with Crippen LogP contribution in [0.15, 0.2) is 36.7 Å². The van der Waals surface area contributed by atoms with Gasteiger partial charge in [-0.3, -0.25) is 4.98 Å². The van der Waals surface area contributed by atoms with Crippen LogP contribution in [0.3, 0.4) is 0 Å². The molecule has 0 saturated heterocycles. The lowest BCUT2D eigenvalue weighted by Gasteiger charge is -2.16. The van der Waals surface area contributed by atoms with E-state index in [0.717, 1.165) is 12.8 Å². The summed E-state index contributed by atoms with van der Waals surface area (Å²) in [5, 5.41) is 0. The Balaban J connectivity index is 2.22. The minimum Gasteiger partial charge on any atom is -0.324 e. The van der Waals surface area contributed by atoms with E-state index >= 15 is 0 Å². The van der Waals surface area contributed by atoms with Crippen molar-refractivity contribution in [1.82, 2.24) is 4.98 Å². The van der Waals surface area contributed by atoms with Gasteiger partial charge in [0.15, 0.2) is 0 Å². The zero-order chi connectivity index (χ0) is 13.8. The van der Waals surface area contributed by atoms with E-state index in [1.807, 2.05) is 18.5 Å². The highest BCUT2D eigenvalue weighted by Gasteiger charge is 2.11. The van der Waals surface area contributed by atoms with Crippen molar-refractivity contribution in [1.29, 1.82) is 0 Å². The number of aryl methyl sites for hydroxylation is 3. The first kappa shape index (κ1) is 13.8. The summed E-state index contributed by atoms with van der Waals surface area (Å²) in [6.07, 6.45) is 5.61. The van der Waals surface area contributed by atoms with Crippen LogP contribution in [0, 0.1) is 13.8 Å². The molecule has 2 nitrogen and oxygen atoms in total. The Hall–Kier alpha value is -1.67. The fourth-order valence-electron chi connectivity index (χ4n) is 2.65. The highest BCUT2D eigenvalue weighted by atomic mass is 14.7. The number of benzene rings is 1. The molecule has 0 saturated carbocycles. The van der Waals surface area contributed by atoms with Crippen LogP contribution < -0.4 is 5.73 Å². The molecule has 1 aromatic carbocycles. The fourth-order valence-corrected chi connectivity index (χ4v) is 2.65. The van der Waals surface area contributed by atoms with Crippen molar-refractivity contribution < 1.29 is 0 Å². The van der Waals surface area contributed by atoms with Crippen LogP contribution in [0.2, 0.25) is 0 Å². The molecule has 0 aliphatic rings. The first-order chi connectivity index (χ1) is 9.10. The van der Waals surface area contributed by atoms with Crippen LogP contribution in [0.1, 0.15) is 40.8 Å². The number of pyridine rings is 1. The Kier molecular flexibility index (Phi) is 4.33. The van der Waals surface area contributed by atoms with Crippen LogP contribution in [0.4, 0.5) is 0 Å². The van der Waals surface area contributed by atoms with E-state index in [4.69, 9.17) is 5.73 Å². The highest BCUT2D eigenvalue weighted by Crippen LogP contribution is 2.21. The molecule has 0 aliphatic carbocycles. The number of aromatic nitrogens is 1. The summed E-state index contributed by atoms with van der Waals surface area (Å²) in [6, 6.07) is 8.73. The smallest absolute Gasteiger partial charge is 0.0339 e. The molecule has 0 radical (unpaired) electrons. The van der Waals surface area contributed by atoms with E-state index in [-0.39, 0.29) is 6.04 Å². The summed E-state index contributed by atoms with van der Waals surface area (Å²) in [4.78, 5) is 4.18. The number of nitrogens with two attached hydrogens (primary N) is 1. The van der Waals surface area contributed by atoms with Gasteiger partial charge in [-0.05, 0) is 49.4 Å². The summed E-state index contributed by atoms with van der Waals surface area (Å²) >= 11 is 0. The summed E-state index contributed by atoms with van der Waals surface area (Å²) in [5.41, 5.74) is 12.8. The predicted molar refractivity (Wildman–Crippen MR) is 80.2 cm³/mol. The van der Waals surface area contributed by atoms with Gasteiger partial charge in [0.25, 0.3) is 0 Å². The Morgan fingerprint density at radius 2 is 1.84 bits per heavy atom. The van der Waals surface area contributed by atoms with Crippen LogP contribution >= 0.6 is 0 Å². The number of hydrogen-bond acceptors (Lipinski definition) is 2. The molecule has 1 unspecified atom stereocenters. The molecule has 2 rings (SSSR count). The standard InChI is InChI=1S/C17H22N2/c1-4-15-11-19-6-5-16(15)17(18)10-14-8-12(2)7-13(3)9-14/h5-9,11,17H,4,10,18H2,1-3H3. The van der Waals surface area contributed by atoms with Gasteiger partial charge in [-0.15, -0.1) is 0 Å². The predicted octanol–water partition coefficient (Wildman–Crippen LogP) is 3.50. The van der Waals surface area contributed by atoms with Gasteiger partial charge in [-0.2, -0.15) is 0 Å². The lowest BCUT2D eigenvalue weighted by atomic mass is 9.94. The molecule has 0 spiro atoms. The third kappa shape index (κ3) is 3.42. The fraction of sp³-hybridized carbons (Fsp3) is 0.353. The monoisotopic (exact) mass is 254 g/mol. The average Bonchev–Trinajstić information content (AvgIpc) is 2.37. The first-order valence-electron chi connectivity index (χ1n) is 6.85. The van der Waals surface area contributed by atoms with E-state index in [2.05, 4.69) is 44.0 Å². The van der Waals surface area contributed by atoms with Crippen LogP contribution in [-0.2, 0) is 12.8 Å². The maximum atomic E-state index is 6.38. The third-order valence-electron chi connectivity index (χ3n) is 3.46. The molecule has 1 aromatic heterocycles. The molecule has 100 valence electrons. The Bertz CT molecular complexity index is 541. The second-order valence-electron chi connectivity index (χ2n) is 5.23. The van der Waals surface area contributed by atoms with Gasteiger partial charge in [0.1, 0.15) is 0 Å². The van der Waals surface area contributed by atoms with Gasteiger partial charge in [0, 0.05) is 18.4 Å². The molecule has 0 fully saturated rings. The molecule has 19 heavy (non-hydrogen) atoms. The lowest BCUT2D eigenvalue weighted by molar-refractivity contribution is 0.709. The van der Waals surface area contributed by atoms with Gasteiger partial charge in [0.2, 0.25) is 0 Å². The Morgan fingerprint density at radius 1 is 1.16 bits per heavy atom. The molecule has 1 heterocycles. The Morgan fingerprint density at radius 3 is 2.47 bits per heavy atom. The van der Waals surface area contributed by atoms with Crippen molar-refractivity contribution in [2.75, 3.05) is 0 Å². The van der Waals surface area contributed by atoms with Gasteiger partial charge in [0.05, 0.1) is 0 Å². The normalized spacial score (nSPS) is 12.4. The number of hydrogen-bond donors (Lipinski definition) is 1. The summed E-state index contributed by atoms with van der Waals surface area (Å²) in [7, 11) is 0. The van der Waals surface area contributed by atoms with Gasteiger partial charge in [-0.25, -0.2) is 0 Å². The van der Waals surface area contributed by atoms with E-state index in [1.165, 1.54) is 27.8 Å². The van der Waals surface area contributed by atoms with Crippen molar-refractivity contribution in [2.24, 2.45) is 5.73 Å². The Labute approximate surface area is 115 Å². The van der Waals surface area contributed by atoms with Crippen LogP contribution in [0.5, 0.6) is 0 Å². The largest absolute Gasteiger partial charge is 0.324 e. The molecular formula is C17H22N2. The topological polar surface area (TPSA) is 38.9 Å². The zero-order valence-corrected chi connectivity index (χ0v) is 12.0. The minimum atomic E-state index is 0.0409. The number of nitrogens with zero attached hydrogens (tertiary/aromatic N) is 1. The second-order valence-corrected chi connectivity index (χ2v) is 5.23. The van der Waals surface area contributed by atoms with E-state index < -0.39 is 0 Å². The molecule has 0 amide bonds. The zero-order valence-electron chi connectivity index (χ0n) is 12.0. The molecular weight excluding hydrogens is 232 g/mol. The molecule has 2 N–H and O–H groups in total.